The summed E-state index contributed by atoms with van der Waals surface area (Å²) in [5, 5.41) is 1.19. The van der Waals surface area contributed by atoms with Gasteiger partial charge in [0, 0.05) is 16.1 Å². The highest BCUT2D eigenvalue weighted by atomic mass is 79.9. The van der Waals surface area contributed by atoms with Gasteiger partial charge in [0.2, 0.25) is 0 Å². The third-order valence-corrected chi connectivity index (χ3v) is 3.01. The van der Waals surface area contributed by atoms with Crippen LogP contribution in [0.25, 0.3) is 10.9 Å². The number of pyridine rings is 1. The zero-order valence-corrected chi connectivity index (χ0v) is 9.22. The van der Waals surface area contributed by atoms with Gasteiger partial charge in [-0.2, -0.15) is 0 Å². The van der Waals surface area contributed by atoms with Gasteiger partial charge in [-0.1, -0.05) is 22.0 Å². The Morgan fingerprint density at radius 3 is 2.85 bits per heavy atom. The summed E-state index contributed by atoms with van der Waals surface area (Å²) in [5.41, 5.74) is 3.63. The Kier molecular flexibility index (Phi) is 2.08. The second-order valence-electron chi connectivity index (χ2n) is 3.20. The van der Waals surface area contributed by atoms with Gasteiger partial charge in [-0.25, -0.2) is 0 Å². The van der Waals surface area contributed by atoms with Crippen molar-refractivity contribution < 1.29 is 0 Å². The van der Waals surface area contributed by atoms with Gasteiger partial charge in [-0.3, -0.25) is 4.98 Å². The second-order valence-corrected chi connectivity index (χ2v) is 4.05. The van der Waals surface area contributed by atoms with Gasteiger partial charge < -0.3 is 0 Å². The van der Waals surface area contributed by atoms with Gasteiger partial charge in [0.25, 0.3) is 0 Å². The van der Waals surface area contributed by atoms with Gasteiger partial charge in [0.1, 0.15) is 0 Å². The molecule has 0 unspecified atom stereocenters. The maximum Gasteiger partial charge on any atom is 0.0745 e. The Bertz CT molecular complexity index is 463. The van der Waals surface area contributed by atoms with Crippen molar-refractivity contribution in [1.29, 1.82) is 0 Å². The van der Waals surface area contributed by atoms with Crippen LogP contribution in [0.3, 0.4) is 0 Å². The number of benzene rings is 1. The minimum absolute atomic E-state index is 1.09. The molecule has 0 N–H and O–H groups in total. The predicted molar refractivity (Wildman–Crippen MR) is 58.9 cm³/mol. The minimum Gasteiger partial charge on any atom is -0.256 e. The first kappa shape index (κ1) is 8.70. The zero-order valence-electron chi connectivity index (χ0n) is 7.63. The third-order valence-electron chi connectivity index (χ3n) is 2.35. The lowest BCUT2D eigenvalue weighted by Crippen LogP contribution is -1.87. The summed E-state index contributed by atoms with van der Waals surface area (Å²) in [5.74, 6) is 0. The molecule has 0 bridgehead atoms. The van der Waals surface area contributed by atoms with Crippen LogP contribution in [0.1, 0.15) is 11.1 Å². The molecular weight excluding hydrogens is 226 g/mol. The molecule has 0 aliphatic carbocycles. The molecule has 1 heterocycles. The molecule has 1 aromatic carbocycles. The highest BCUT2D eigenvalue weighted by Gasteiger charge is 2.04. The highest BCUT2D eigenvalue weighted by molar-refractivity contribution is 9.10. The molecule has 2 aromatic rings. The van der Waals surface area contributed by atoms with Crippen molar-refractivity contribution >= 4 is 26.8 Å². The molecule has 0 saturated heterocycles. The summed E-state index contributed by atoms with van der Waals surface area (Å²) in [4.78, 5) is 4.37. The lowest BCUT2D eigenvalue weighted by atomic mass is 10.1. The van der Waals surface area contributed by atoms with Crippen molar-refractivity contribution in [3.05, 3.63) is 40.0 Å². The van der Waals surface area contributed by atoms with Crippen molar-refractivity contribution in [1.82, 2.24) is 4.98 Å². The van der Waals surface area contributed by atoms with Crippen LogP contribution in [-0.4, -0.2) is 4.98 Å². The molecule has 1 nitrogen and oxygen atoms in total. The largest absolute Gasteiger partial charge is 0.256 e. The van der Waals surface area contributed by atoms with Gasteiger partial charge in [-0.15, -0.1) is 0 Å². The van der Waals surface area contributed by atoms with Crippen molar-refractivity contribution in [3.63, 3.8) is 0 Å². The van der Waals surface area contributed by atoms with Crippen molar-refractivity contribution in [2.24, 2.45) is 0 Å². The van der Waals surface area contributed by atoms with Gasteiger partial charge >= 0.3 is 0 Å². The fraction of sp³-hybridized carbons (Fsp3) is 0.182. The van der Waals surface area contributed by atoms with Crippen LogP contribution in [0.4, 0.5) is 0 Å². The average Bonchev–Trinajstić information content (AvgIpc) is 2.15. The maximum absolute atomic E-state index is 4.37. The minimum atomic E-state index is 1.09. The highest BCUT2D eigenvalue weighted by Crippen LogP contribution is 2.27. The molecule has 2 rings (SSSR count). The van der Waals surface area contributed by atoms with Crippen molar-refractivity contribution in [3.8, 4) is 0 Å². The summed E-state index contributed by atoms with van der Waals surface area (Å²) in [6, 6.07) is 6.18. The standard InChI is InChI=1S/C11H10BrN/c1-7-6-10(12)9-4-3-5-13-11(9)8(7)2/h3-6H,1-2H3. The molecule has 0 amide bonds. The van der Waals surface area contributed by atoms with Gasteiger partial charge in [0.15, 0.2) is 0 Å². The van der Waals surface area contributed by atoms with Crippen LogP contribution in [0.15, 0.2) is 28.9 Å². The number of aromatic nitrogens is 1. The Morgan fingerprint density at radius 2 is 2.08 bits per heavy atom. The van der Waals surface area contributed by atoms with Crippen LogP contribution in [0.5, 0.6) is 0 Å². The first-order chi connectivity index (χ1) is 6.20. The van der Waals surface area contributed by atoms with E-state index in [-0.39, 0.29) is 0 Å². The van der Waals surface area contributed by atoms with E-state index in [0.29, 0.717) is 0 Å². The molecule has 1 aromatic heterocycles. The molecule has 0 radical (unpaired) electrons. The molecule has 0 aliphatic heterocycles. The van der Waals surface area contributed by atoms with Crippen LogP contribution >= 0.6 is 15.9 Å². The summed E-state index contributed by atoms with van der Waals surface area (Å²) in [6.07, 6.45) is 1.83. The lowest BCUT2D eigenvalue weighted by Gasteiger charge is -2.06. The number of fused-ring (bicyclic) bond motifs is 1. The van der Waals surface area contributed by atoms with E-state index in [1.165, 1.54) is 16.5 Å². The first-order valence-corrected chi connectivity index (χ1v) is 5.00. The van der Waals surface area contributed by atoms with E-state index < -0.39 is 0 Å². The Labute approximate surface area is 85.9 Å². The SMILES string of the molecule is Cc1cc(Br)c2cccnc2c1C. The number of nitrogens with zero attached hydrogens (tertiary/aromatic N) is 1. The monoisotopic (exact) mass is 235 g/mol. The van der Waals surface area contributed by atoms with E-state index in [2.05, 4.69) is 46.9 Å². The van der Waals surface area contributed by atoms with Crippen molar-refractivity contribution in [2.45, 2.75) is 13.8 Å². The first-order valence-electron chi connectivity index (χ1n) is 4.20. The van der Waals surface area contributed by atoms with E-state index in [0.717, 1.165) is 9.99 Å². The fourth-order valence-electron chi connectivity index (χ4n) is 1.46. The van der Waals surface area contributed by atoms with E-state index in [4.69, 9.17) is 0 Å². The molecule has 0 spiro atoms. The summed E-state index contributed by atoms with van der Waals surface area (Å²) in [6.45, 7) is 4.21. The van der Waals surface area contributed by atoms with E-state index in [1.807, 2.05) is 12.3 Å². The number of halogens is 1. The maximum atomic E-state index is 4.37. The van der Waals surface area contributed by atoms with Gasteiger partial charge in [-0.05, 0) is 37.1 Å². The third kappa shape index (κ3) is 1.35. The number of hydrogen-bond donors (Lipinski definition) is 0. The van der Waals surface area contributed by atoms with Crippen LogP contribution in [-0.2, 0) is 0 Å². The topological polar surface area (TPSA) is 12.9 Å². The van der Waals surface area contributed by atoms with Crippen LogP contribution in [0.2, 0.25) is 0 Å². The summed E-state index contributed by atoms with van der Waals surface area (Å²) >= 11 is 3.54. The van der Waals surface area contributed by atoms with Crippen LogP contribution < -0.4 is 0 Å². The number of rotatable bonds is 0. The zero-order chi connectivity index (χ0) is 9.42. The van der Waals surface area contributed by atoms with Crippen LogP contribution in [0, 0.1) is 13.8 Å². The molecular formula is C11H10BrN. The Morgan fingerprint density at radius 1 is 1.31 bits per heavy atom. The lowest BCUT2D eigenvalue weighted by molar-refractivity contribution is 1.31. The fourth-order valence-corrected chi connectivity index (χ4v) is 2.12. The number of aryl methyl sites for hydroxylation is 2. The van der Waals surface area contributed by atoms with E-state index in [9.17, 15) is 0 Å². The molecule has 13 heavy (non-hydrogen) atoms. The van der Waals surface area contributed by atoms with E-state index in [1.54, 1.807) is 0 Å². The Balaban J connectivity index is 2.97. The van der Waals surface area contributed by atoms with Gasteiger partial charge in [0.05, 0.1) is 5.52 Å². The van der Waals surface area contributed by atoms with E-state index >= 15 is 0 Å². The normalized spacial score (nSPS) is 10.7. The molecule has 0 aliphatic rings. The quantitative estimate of drug-likeness (QED) is 0.680. The molecule has 2 heteroatoms. The molecule has 0 fully saturated rings. The van der Waals surface area contributed by atoms with Crippen molar-refractivity contribution in [2.75, 3.05) is 0 Å². The Hall–Kier alpha value is -0.890. The number of hydrogen-bond acceptors (Lipinski definition) is 1. The smallest absolute Gasteiger partial charge is 0.0745 e. The molecule has 0 saturated carbocycles. The average molecular weight is 236 g/mol. The molecule has 66 valence electrons. The summed E-state index contributed by atoms with van der Waals surface area (Å²) in [7, 11) is 0. The second kappa shape index (κ2) is 3.11. The predicted octanol–water partition coefficient (Wildman–Crippen LogP) is 3.61. The molecule has 0 atom stereocenters. The summed E-state index contributed by atoms with van der Waals surface area (Å²) < 4.78 is 1.12.